The van der Waals surface area contributed by atoms with Crippen LogP contribution in [0.3, 0.4) is 0 Å². The van der Waals surface area contributed by atoms with Gasteiger partial charge in [0, 0.05) is 18.4 Å². The number of carbonyl (C=O) groups is 2. The maximum absolute atomic E-state index is 12.2. The van der Waals surface area contributed by atoms with Crippen LogP contribution >= 0.6 is 0 Å². The van der Waals surface area contributed by atoms with Gasteiger partial charge in [-0.25, -0.2) is 4.79 Å². The largest absolute Gasteiger partial charge is 0.484 e. The van der Waals surface area contributed by atoms with Crippen LogP contribution in [0.15, 0.2) is 24.3 Å². The molecule has 0 aliphatic heterocycles. The minimum atomic E-state index is -1.33. The summed E-state index contributed by atoms with van der Waals surface area (Å²) in [5.41, 5.74) is -0.940. The molecule has 6 nitrogen and oxygen atoms in total. The Morgan fingerprint density at radius 1 is 1.29 bits per heavy atom. The van der Waals surface area contributed by atoms with Crippen molar-refractivity contribution < 1.29 is 24.2 Å². The van der Waals surface area contributed by atoms with Gasteiger partial charge in [0.15, 0.2) is 6.61 Å². The summed E-state index contributed by atoms with van der Waals surface area (Å²) in [5.74, 6) is -0.937. The van der Waals surface area contributed by atoms with Gasteiger partial charge in [-0.3, -0.25) is 4.79 Å². The second-order valence-corrected chi connectivity index (χ2v) is 6.73. The fraction of sp³-hybridized carbons (Fsp3) is 0.556. The van der Waals surface area contributed by atoms with Crippen LogP contribution in [0.25, 0.3) is 0 Å². The van der Waals surface area contributed by atoms with Gasteiger partial charge in [-0.15, -0.1) is 0 Å². The van der Waals surface area contributed by atoms with E-state index in [1.54, 1.807) is 26.0 Å². The molecule has 24 heavy (non-hydrogen) atoms. The summed E-state index contributed by atoms with van der Waals surface area (Å²) >= 11 is 0. The van der Waals surface area contributed by atoms with Crippen LogP contribution in [0.1, 0.15) is 32.8 Å². The summed E-state index contributed by atoms with van der Waals surface area (Å²) in [4.78, 5) is 24.0. The zero-order valence-corrected chi connectivity index (χ0v) is 14.6. The summed E-state index contributed by atoms with van der Waals surface area (Å²) in [7, 11) is 0. The van der Waals surface area contributed by atoms with Gasteiger partial charge < -0.3 is 19.9 Å². The van der Waals surface area contributed by atoms with E-state index in [9.17, 15) is 14.7 Å². The molecule has 1 saturated carbocycles. The van der Waals surface area contributed by atoms with Crippen LogP contribution in [-0.2, 0) is 14.3 Å². The lowest BCUT2D eigenvalue weighted by Gasteiger charge is -2.58. The number of ether oxygens (including phenoxy) is 2. The molecule has 132 valence electrons. The number of aryl methyl sites for hydroxylation is 1. The molecule has 1 aromatic rings. The van der Waals surface area contributed by atoms with Crippen molar-refractivity contribution in [2.75, 3.05) is 13.2 Å². The van der Waals surface area contributed by atoms with Crippen molar-refractivity contribution >= 4 is 11.9 Å². The van der Waals surface area contributed by atoms with Gasteiger partial charge in [-0.05, 0) is 26.0 Å². The molecule has 0 aromatic heterocycles. The molecular weight excluding hydrogens is 310 g/mol. The van der Waals surface area contributed by atoms with E-state index in [2.05, 4.69) is 5.32 Å². The van der Waals surface area contributed by atoms with E-state index < -0.39 is 22.8 Å². The summed E-state index contributed by atoms with van der Waals surface area (Å²) < 4.78 is 11.0. The number of rotatable bonds is 7. The number of hydrogen-bond acceptors (Lipinski definition) is 4. The molecule has 0 bridgehead atoms. The number of benzene rings is 1. The standard InChI is InChI=1S/C18H25NO5/c1-5-23-14-10-18(16(21)22,17(14,3)4)19-15(20)11-24-13-8-6-12(2)7-9-13/h6-9,14H,5,10-11H2,1-4H3,(H,19,20)(H,21,22). The van der Waals surface area contributed by atoms with Crippen molar-refractivity contribution in [3.8, 4) is 5.75 Å². The van der Waals surface area contributed by atoms with Gasteiger partial charge in [0.1, 0.15) is 11.3 Å². The molecule has 1 aliphatic rings. The van der Waals surface area contributed by atoms with E-state index in [1.807, 2.05) is 26.0 Å². The maximum atomic E-state index is 12.2. The third-order valence-corrected chi connectivity index (χ3v) is 4.87. The molecule has 1 aliphatic carbocycles. The predicted octanol–water partition coefficient (Wildman–Crippen LogP) is 2.15. The molecule has 2 atom stereocenters. The van der Waals surface area contributed by atoms with E-state index in [1.165, 1.54) is 0 Å². The van der Waals surface area contributed by atoms with E-state index in [0.717, 1.165) is 5.56 Å². The van der Waals surface area contributed by atoms with Crippen molar-refractivity contribution in [2.24, 2.45) is 5.41 Å². The molecule has 0 radical (unpaired) electrons. The number of hydrogen-bond donors (Lipinski definition) is 2. The third-order valence-electron chi connectivity index (χ3n) is 4.87. The van der Waals surface area contributed by atoms with Crippen LogP contribution in [0.4, 0.5) is 0 Å². The first-order valence-corrected chi connectivity index (χ1v) is 8.08. The zero-order chi connectivity index (χ0) is 18.0. The summed E-state index contributed by atoms with van der Waals surface area (Å²) in [5, 5.41) is 12.3. The Bertz CT molecular complexity index is 610. The van der Waals surface area contributed by atoms with Crippen LogP contribution < -0.4 is 10.1 Å². The summed E-state index contributed by atoms with van der Waals surface area (Å²) in [6.07, 6.45) is 0.0522. The molecule has 6 heteroatoms. The smallest absolute Gasteiger partial charge is 0.330 e. The Morgan fingerprint density at radius 3 is 2.42 bits per heavy atom. The molecular formula is C18H25NO5. The number of carboxylic acid groups (broad SMARTS) is 1. The Morgan fingerprint density at radius 2 is 1.92 bits per heavy atom. The Labute approximate surface area is 142 Å². The Hall–Kier alpha value is -2.08. The van der Waals surface area contributed by atoms with Crippen LogP contribution in [-0.4, -0.2) is 41.8 Å². The van der Waals surface area contributed by atoms with E-state index >= 15 is 0 Å². The quantitative estimate of drug-likeness (QED) is 0.797. The Kier molecular flexibility index (Phi) is 5.18. The van der Waals surface area contributed by atoms with Gasteiger partial charge in [-0.2, -0.15) is 0 Å². The molecule has 0 saturated heterocycles. The van der Waals surface area contributed by atoms with Crippen molar-refractivity contribution in [1.82, 2.24) is 5.32 Å². The lowest BCUT2D eigenvalue weighted by molar-refractivity contribution is -0.194. The fourth-order valence-electron chi connectivity index (χ4n) is 3.09. The Balaban J connectivity index is 2.00. The molecule has 0 heterocycles. The first-order valence-electron chi connectivity index (χ1n) is 8.08. The van der Waals surface area contributed by atoms with Crippen LogP contribution in [0, 0.1) is 12.3 Å². The van der Waals surface area contributed by atoms with Gasteiger partial charge >= 0.3 is 5.97 Å². The van der Waals surface area contributed by atoms with Crippen molar-refractivity contribution in [3.63, 3.8) is 0 Å². The first kappa shape index (κ1) is 18.3. The predicted molar refractivity (Wildman–Crippen MR) is 89.0 cm³/mol. The normalized spacial score (nSPS) is 24.8. The summed E-state index contributed by atoms with van der Waals surface area (Å²) in [6.45, 7) is 7.70. The van der Waals surface area contributed by atoms with Crippen molar-refractivity contribution in [2.45, 2.75) is 45.8 Å². The molecule has 0 spiro atoms. The van der Waals surface area contributed by atoms with Crippen molar-refractivity contribution in [3.05, 3.63) is 29.8 Å². The average Bonchev–Trinajstić information content (AvgIpc) is 2.52. The van der Waals surface area contributed by atoms with Crippen LogP contribution in [0.2, 0.25) is 0 Å². The molecule has 1 fully saturated rings. The highest BCUT2D eigenvalue weighted by molar-refractivity contribution is 5.90. The maximum Gasteiger partial charge on any atom is 0.330 e. The highest BCUT2D eigenvalue weighted by Crippen LogP contribution is 2.51. The lowest BCUT2D eigenvalue weighted by atomic mass is 9.54. The SMILES string of the molecule is CCOC1CC(NC(=O)COc2ccc(C)cc2)(C(=O)O)C1(C)C. The van der Waals surface area contributed by atoms with Gasteiger partial charge in [0.2, 0.25) is 0 Å². The highest BCUT2D eigenvalue weighted by Gasteiger charge is 2.66. The van der Waals surface area contributed by atoms with Crippen molar-refractivity contribution in [1.29, 1.82) is 0 Å². The molecule has 2 N–H and O–H groups in total. The van der Waals surface area contributed by atoms with Gasteiger partial charge in [0.25, 0.3) is 5.91 Å². The number of carbonyl (C=O) groups excluding carboxylic acids is 1. The topological polar surface area (TPSA) is 84.9 Å². The second kappa shape index (κ2) is 6.81. The number of amides is 1. The first-order chi connectivity index (χ1) is 11.2. The molecule has 1 aromatic carbocycles. The molecule has 2 rings (SSSR count). The number of aliphatic carboxylic acids is 1. The van der Waals surface area contributed by atoms with E-state index in [4.69, 9.17) is 9.47 Å². The monoisotopic (exact) mass is 335 g/mol. The fourth-order valence-corrected chi connectivity index (χ4v) is 3.09. The minimum Gasteiger partial charge on any atom is -0.484 e. The summed E-state index contributed by atoms with van der Waals surface area (Å²) in [6, 6.07) is 7.31. The van der Waals surface area contributed by atoms with E-state index in [-0.39, 0.29) is 19.1 Å². The van der Waals surface area contributed by atoms with Crippen LogP contribution in [0.5, 0.6) is 5.75 Å². The van der Waals surface area contributed by atoms with Gasteiger partial charge in [-0.1, -0.05) is 31.5 Å². The minimum absolute atomic E-state index is 0.197. The third kappa shape index (κ3) is 3.24. The average molecular weight is 335 g/mol. The van der Waals surface area contributed by atoms with E-state index in [0.29, 0.717) is 12.4 Å². The zero-order valence-electron chi connectivity index (χ0n) is 14.6. The lowest BCUT2D eigenvalue weighted by Crippen LogP contribution is -2.76. The second-order valence-electron chi connectivity index (χ2n) is 6.73. The number of nitrogens with one attached hydrogen (secondary N) is 1. The number of carboxylic acids is 1. The highest BCUT2D eigenvalue weighted by atomic mass is 16.5. The molecule has 2 unspecified atom stereocenters. The van der Waals surface area contributed by atoms with Gasteiger partial charge in [0.05, 0.1) is 6.10 Å². The molecule has 1 amide bonds.